The van der Waals surface area contributed by atoms with Gasteiger partial charge < -0.3 is 20.3 Å². The van der Waals surface area contributed by atoms with Gasteiger partial charge in [-0.25, -0.2) is 0 Å². The van der Waals surface area contributed by atoms with E-state index in [9.17, 15) is 9.69 Å². The van der Waals surface area contributed by atoms with Crippen LogP contribution in [0.5, 0.6) is 0 Å². The molecule has 23 heavy (non-hydrogen) atoms. The third-order valence-electron chi connectivity index (χ3n) is 3.62. The molecule has 138 valence electrons. The monoisotopic (exact) mass is 369 g/mol. The van der Waals surface area contributed by atoms with Crippen LogP contribution in [0.4, 0.5) is 0 Å². The number of rotatable bonds is 12. The lowest BCUT2D eigenvalue weighted by atomic mass is 10.1. The first-order chi connectivity index (χ1) is 10.5. The van der Waals surface area contributed by atoms with Crippen LogP contribution in [0.1, 0.15) is 71.1 Å². The van der Waals surface area contributed by atoms with E-state index in [-0.39, 0.29) is 25.3 Å². The number of unbranched alkanes of at least 4 members (excludes halogenated alkanes) is 8. The molecule has 0 bridgehead atoms. The normalized spacial score (nSPS) is 23.5. The highest BCUT2D eigenvalue weighted by Gasteiger charge is 2.31. The largest absolute Gasteiger partial charge is 0.463 e. The Morgan fingerprint density at radius 2 is 1.74 bits per heavy atom. The standard InChI is InChI=1S/C15H29O5PS.H3N/c1-2-3-4-5-6-7-8-9-10-11-15(16)18-12-14-13-19-21(17,22)20-14;/h14H,2-13H2,1H3,(H,17,22);1H3. The Morgan fingerprint density at radius 3 is 2.26 bits per heavy atom. The number of ether oxygens (including phenoxy) is 1. The molecule has 1 heterocycles. The fraction of sp³-hybridized carbons (Fsp3) is 0.933. The predicted octanol–water partition coefficient (Wildman–Crippen LogP) is 4.24. The van der Waals surface area contributed by atoms with Crippen LogP contribution in [-0.4, -0.2) is 30.2 Å². The zero-order chi connectivity index (χ0) is 16.3. The molecule has 6 nitrogen and oxygen atoms in total. The number of hydrogen-bond acceptors (Lipinski definition) is 6. The van der Waals surface area contributed by atoms with Gasteiger partial charge in [0.2, 0.25) is 0 Å². The number of carbonyl (C=O) groups excluding carboxylic acids is 1. The van der Waals surface area contributed by atoms with Crippen molar-refractivity contribution >= 4 is 24.5 Å². The lowest BCUT2D eigenvalue weighted by Crippen LogP contribution is -2.20. The maximum atomic E-state index is 11.6. The summed E-state index contributed by atoms with van der Waals surface area (Å²) >= 11 is 4.69. The molecule has 2 atom stereocenters. The van der Waals surface area contributed by atoms with Crippen molar-refractivity contribution in [2.75, 3.05) is 13.2 Å². The summed E-state index contributed by atoms with van der Waals surface area (Å²) in [5, 5.41) is 0. The van der Waals surface area contributed by atoms with Crippen molar-refractivity contribution in [3.8, 4) is 0 Å². The lowest BCUT2D eigenvalue weighted by Gasteiger charge is -2.09. The summed E-state index contributed by atoms with van der Waals surface area (Å²) in [6.45, 7) is -0.536. The van der Waals surface area contributed by atoms with Crippen molar-refractivity contribution in [3.05, 3.63) is 0 Å². The minimum Gasteiger partial charge on any atom is -0.463 e. The molecule has 1 aliphatic heterocycles. The highest BCUT2D eigenvalue weighted by Crippen LogP contribution is 2.49. The van der Waals surface area contributed by atoms with Crippen molar-refractivity contribution in [2.24, 2.45) is 0 Å². The summed E-state index contributed by atoms with van der Waals surface area (Å²) in [6, 6.07) is 0. The minimum absolute atomic E-state index is 0. The molecule has 0 radical (unpaired) electrons. The summed E-state index contributed by atoms with van der Waals surface area (Å²) in [6.07, 6.45) is 11.0. The van der Waals surface area contributed by atoms with Gasteiger partial charge in [-0.15, -0.1) is 0 Å². The Kier molecular flexibility index (Phi) is 13.3. The zero-order valence-corrected chi connectivity index (χ0v) is 15.9. The fourth-order valence-electron chi connectivity index (χ4n) is 2.34. The average molecular weight is 369 g/mol. The smallest absolute Gasteiger partial charge is 0.325 e. The third kappa shape index (κ3) is 12.0. The lowest BCUT2D eigenvalue weighted by molar-refractivity contribution is -0.146. The van der Waals surface area contributed by atoms with Gasteiger partial charge in [-0.1, -0.05) is 58.3 Å². The molecule has 0 aromatic carbocycles. The van der Waals surface area contributed by atoms with Gasteiger partial charge in [-0.3, -0.25) is 9.32 Å². The predicted molar refractivity (Wildman–Crippen MR) is 95.2 cm³/mol. The van der Waals surface area contributed by atoms with Crippen molar-refractivity contribution < 1.29 is 23.5 Å². The Hall–Kier alpha value is -0.0400. The van der Waals surface area contributed by atoms with E-state index in [4.69, 9.17) is 25.6 Å². The van der Waals surface area contributed by atoms with Crippen molar-refractivity contribution in [2.45, 2.75) is 77.2 Å². The Morgan fingerprint density at radius 1 is 1.17 bits per heavy atom. The number of esters is 1. The maximum absolute atomic E-state index is 11.6. The first kappa shape index (κ1) is 23.0. The van der Waals surface area contributed by atoms with Gasteiger partial charge >= 0.3 is 12.7 Å². The summed E-state index contributed by atoms with van der Waals surface area (Å²) < 4.78 is 15.1. The van der Waals surface area contributed by atoms with Crippen molar-refractivity contribution in [1.82, 2.24) is 6.15 Å². The van der Waals surface area contributed by atoms with Crippen LogP contribution in [0.15, 0.2) is 0 Å². The first-order valence-corrected chi connectivity index (χ1v) is 10.9. The van der Waals surface area contributed by atoms with Gasteiger partial charge in [0.25, 0.3) is 0 Å². The van der Waals surface area contributed by atoms with Crippen LogP contribution in [0.25, 0.3) is 0 Å². The van der Waals surface area contributed by atoms with Gasteiger partial charge in [0.15, 0.2) is 0 Å². The van der Waals surface area contributed by atoms with E-state index in [0.29, 0.717) is 6.42 Å². The van der Waals surface area contributed by atoms with Gasteiger partial charge in [-0.05, 0) is 18.2 Å². The van der Waals surface area contributed by atoms with Gasteiger partial charge in [-0.2, -0.15) is 0 Å². The topological polar surface area (TPSA) is 100.0 Å². The van der Waals surface area contributed by atoms with Crippen LogP contribution in [0.3, 0.4) is 0 Å². The summed E-state index contributed by atoms with van der Waals surface area (Å²) in [5.41, 5.74) is 0. The van der Waals surface area contributed by atoms with Crippen LogP contribution < -0.4 is 6.15 Å². The molecule has 4 N–H and O–H groups in total. The van der Waals surface area contributed by atoms with Crippen molar-refractivity contribution in [3.63, 3.8) is 0 Å². The maximum Gasteiger partial charge on any atom is 0.325 e. The molecule has 1 saturated heterocycles. The SMILES string of the molecule is CCCCCCCCCCCC(=O)OCC1COP(O)(=S)O1.N. The van der Waals surface area contributed by atoms with E-state index in [1.54, 1.807) is 0 Å². The van der Waals surface area contributed by atoms with E-state index in [1.807, 2.05) is 0 Å². The van der Waals surface area contributed by atoms with Gasteiger partial charge in [0.1, 0.15) is 12.7 Å². The van der Waals surface area contributed by atoms with E-state index >= 15 is 0 Å². The van der Waals surface area contributed by atoms with E-state index in [2.05, 4.69) is 6.92 Å². The molecule has 0 spiro atoms. The van der Waals surface area contributed by atoms with Crippen molar-refractivity contribution in [1.29, 1.82) is 0 Å². The molecule has 0 saturated carbocycles. The molecule has 2 unspecified atom stereocenters. The second kappa shape index (κ2) is 13.3. The highest BCUT2D eigenvalue weighted by atomic mass is 32.5. The molecule has 8 heteroatoms. The van der Waals surface area contributed by atoms with Gasteiger partial charge in [0, 0.05) is 6.42 Å². The molecule has 0 aromatic heterocycles. The Balaban J connectivity index is 0.00000484. The summed E-state index contributed by atoms with van der Waals surface area (Å²) in [7, 11) is 0. The molecule has 1 aliphatic rings. The molecular formula is C15H32NO5PS. The van der Waals surface area contributed by atoms with Crippen LogP contribution in [0, 0.1) is 0 Å². The van der Waals surface area contributed by atoms with E-state index < -0.39 is 12.8 Å². The Bertz CT molecular complexity index is 370. The molecule has 1 fully saturated rings. The van der Waals surface area contributed by atoms with Crippen LogP contribution >= 0.6 is 6.72 Å². The van der Waals surface area contributed by atoms with Crippen LogP contribution in [-0.2, 0) is 30.4 Å². The highest BCUT2D eigenvalue weighted by molar-refractivity contribution is 8.07. The molecular weight excluding hydrogens is 337 g/mol. The molecule has 0 amide bonds. The summed E-state index contributed by atoms with van der Waals surface area (Å²) in [4.78, 5) is 20.9. The molecule has 0 aliphatic carbocycles. The average Bonchev–Trinajstić information content (AvgIpc) is 2.83. The van der Waals surface area contributed by atoms with E-state index in [1.165, 1.54) is 44.9 Å². The number of hydrogen-bond donors (Lipinski definition) is 2. The zero-order valence-electron chi connectivity index (χ0n) is 14.2. The molecule has 1 rings (SSSR count). The second-order valence-electron chi connectivity index (χ2n) is 5.75. The Labute approximate surface area is 145 Å². The summed E-state index contributed by atoms with van der Waals surface area (Å²) in [5.74, 6) is -0.218. The third-order valence-corrected chi connectivity index (χ3v) is 5.23. The van der Waals surface area contributed by atoms with Crippen LogP contribution in [0.2, 0.25) is 0 Å². The minimum atomic E-state index is -3.06. The van der Waals surface area contributed by atoms with Gasteiger partial charge in [0.05, 0.1) is 6.61 Å². The second-order valence-corrected chi connectivity index (χ2v) is 8.54. The number of carbonyl (C=O) groups is 1. The molecule has 0 aromatic rings. The first-order valence-electron chi connectivity index (χ1n) is 8.35. The van der Waals surface area contributed by atoms with E-state index in [0.717, 1.165) is 12.8 Å². The fourth-order valence-corrected chi connectivity index (χ4v) is 3.80. The quantitative estimate of drug-likeness (QED) is 0.301.